The Kier molecular flexibility index (Phi) is 6.14. The van der Waals surface area contributed by atoms with Gasteiger partial charge in [-0.05, 0) is 25.3 Å². The molecule has 0 saturated heterocycles. The van der Waals surface area contributed by atoms with E-state index in [1.807, 2.05) is 36.6 Å². The number of esters is 1. The van der Waals surface area contributed by atoms with Gasteiger partial charge in [0, 0.05) is 10.9 Å². The van der Waals surface area contributed by atoms with Crippen LogP contribution in [0.15, 0.2) is 29.6 Å². The van der Waals surface area contributed by atoms with Crippen molar-refractivity contribution in [1.82, 2.24) is 0 Å². The minimum absolute atomic E-state index is 0.300. The Bertz CT molecular complexity index is 904. The number of aliphatic carboxylic acids is 1. The Balaban J connectivity index is 1.92. The lowest BCUT2D eigenvalue weighted by Crippen LogP contribution is -2.36. The molecule has 0 spiro atoms. The van der Waals surface area contributed by atoms with E-state index in [1.54, 1.807) is 0 Å². The van der Waals surface area contributed by atoms with Crippen LogP contribution in [-0.2, 0) is 14.3 Å². The summed E-state index contributed by atoms with van der Waals surface area (Å²) < 4.78 is 4.94. The summed E-state index contributed by atoms with van der Waals surface area (Å²) in [7, 11) is 1.30. The van der Waals surface area contributed by atoms with Crippen molar-refractivity contribution in [2.24, 2.45) is 11.8 Å². The molecule has 28 heavy (non-hydrogen) atoms. The minimum atomic E-state index is -0.945. The van der Waals surface area contributed by atoms with Crippen LogP contribution in [0.25, 0.3) is 11.1 Å². The van der Waals surface area contributed by atoms with Gasteiger partial charge in [0.05, 0.1) is 18.9 Å². The van der Waals surface area contributed by atoms with Gasteiger partial charge in [0.25, 0.3) is 0 Å². The number of carbonyl (C=O) groups is 3. The van der Waals surface area contributed by atoms with Crippen LogP contribution in [-0.4, -0.2) is 30.1 Å². The van der Waals surface area contributed by atoms with Gasteiger partial charge in [-0.2, -0.15) is 0 Å². The van der Waals surface area contributed by atoms with Gasteiger partial charge < -0.3 is 15.2 Å². The molecule has 6 nitrogen and oxygen atoms in total. The number of ether oxygens (including phenoxy) is 1. The number of carbonyl (C=O) groups excluding carboxylic acids is 2. The average molecular weight is 401 g/mol. The van der Waals surface area contributed by atoms with Gasteiger partial charge in [-0.25, -0.2) is 4.79 Å². The molecule has 1 saturated carbocycles. The number of thiophene rings is 1. The summed E-state index contributed by atoms with van der Waals surface area (Å²) in [6, 6.07) is 7.73. The Labute approximate surface area is 167 Å². The smallest absolute Gasteiger partial charge is 0.341 e. The van der Waals surface area contributed by atoms with Gasteiger partial charge in [-0.1, -0.05) is 42.7 Å². The first kappa shape index (κ1) is 20.1. The molecule has 0 aliphatic heterocycles. The Morgan fingerprint density at radius 1 is 1.18 bits per heavy atom. The standard InChI is InChI=1S/C21H23NO5S/c1-12-6-5-7-13(10-12)16-11-28-19(17(16)21(26)27-2)22-18(23)14-8-3-4-9-15(14)20(24)25/h5-7,10-11,14-15H,3-4,8-9H2,1-2H3,(H,22,23)(H,24,25)/t14-,15-/m1/s1. The second kappa shape index (κ2) is 8.56. The molecule has 1 fully saturated rings. The number of rotatable bonds is 5. The number of nitrogens with one attached hydrogen (secondary N) is 1. The maximum Gasteiger partial charge on any atom is 0.341 e. The molecule has 2 atom stereocenters. The SMILES string of the molecule is COC(=O)c1c(-c2cccc(C)c2)csc1NC(=O)[C@@H]1CCCC[C@H]1C(=O)O. The van der Waals surface area contributed by atoms with E-state index in [-0.39, 0.29) is 5.91 Å². The quantitative estimate of drug-likeness (QED) is 0.727. The molecule has 1 aliphatic rings. The monoisotopic (exact) mass is 401 g/mol. The van der Waals surface area contributed by atoms with Crippen LogP contribution in [0.3, 0.4) is 0 Å². The highest BCUT2D eigenvalue weighted by atomic mass is 32.1. The van der Waals surface area contributed by atoms with E-state index < -0.39 is 23.8 Å². The lowest BCUT2D eigenvalue weighted by atomic mass is 9.79. The molecule has 0 unspecified atom stereocenters. The molecule has 1 amide bonds. The predicted octanol–water partition coefficient (Wildman–Crippen LogP) is 4.34. The van der Waals surface area contributed by atoms with E-state index in [1.165, 1.54) is 18.4 Å². The molecule has 148 valence electrons. The van der Waals surface area contributed by atoms with Gasteiger partial charge in [-0.15, -0.1) is 11.3 Å². The number of amides is 1. The molecule has 0 bridgehead atoms. The second-order valence-corrected chi connectivity index (χ2v) is 7.92. The van der Waals surface area contributed by atoms with E-state index >= 15 is 0 Å². The van der Waals surface area contributed by atoms with Gasteiger partial charge in [-0.3, -0.25) is 9.59 Å². The number of benzene rings is 1. The third-order valence-electron chi connectivity index (χ3n) is 5.17. The topological polar surface area (TPSA) is 92.7 Å². The molecular formula is C21H23NO5S. The third kappa shape index (κ3) is 4.09. The molecule has 2 N–H and O–H groups in total. The highest BCUT2D eigenvalue weighted by molar-refractivity contribution is 7.15. The molecule has 3 rings (SSSR count). The first-order valence-electron chi connectivity index (χ1n) is 9.23. The zero-order valence-electron chi connectivity index (χ0n) is 15.9. The van der Waals surface area contributed by atoms with Gasteiger partial charge in [0.2, 0.25) is 5.91 Å². The molecular weight excluding hydrogens is 378 g/mol. The molecule has 1 heterocycles. The van der Waals surface area contributed by atoms with Crippen molar-refractivity contribution >= 4 is 34.2 Å². The van der Waals surface area contributed by atoms with Crippen molar-refractivity contribution in [1.29, 1.82) is 0 Å². The number of hydrogen-bond donors (Lipinski definition) is 2. The molecule has 1 aromatic carbocycles. The normalized spacial score (nSPS) is 19.1. The molecule has 1 aliphatic carbocycles. The van der Waals surface area contributed by atoms with Crippen LogP contribution in [0.2, 0.25) is 0 Å². The van der Waals surface area contributed by atoms with E-state index in [9.17, 15) is 19.5 Å². The van der Waals surface area contributed by atoms with Gasteiger partial charge in [0.1, 0.15) is 10.6 Å². The molecule has 7 heteroatoms. The van der Waals surface area contributed by atoms with Crippen LogP contribution >= 0.6 is 11.3 Å². The molecule has 1 aromatic heterocycles. The maximum atomic E-state index is 12.8. The summed E-state index contributed by atoms with van der Waals surface area (Å²) in [6.07, 6.45) is 2.66. The van der Waals surface area contributed by atoms with Crippen LogP contribution < -0.4 is 5.32 Å². The summed E-state index contributed by atoms with van der Waals surface area (Å²) in [5, 5.41) is 14.4. The van der Waals surface area contributed by atoms with Crippen LogP contribution in [0.1, 0.15) is 41.6 Å². The van der Waals surface area contributed by atoms with Gasteiger partial charge in [0.15, 0.2) is 0 Å². The Morgan fingerprint density at radius 3 is 2.54 bits per heavy atom. The van der Waals surface area contributed by atoms with Crippen LogP contribution in [0, 0.1) is 18.8 Å². The number of anilines is 1. The van der Waals surface area contributed by atoms with Crippen molar-refractivity contribution in [2.75, 3.05) is 12.4 Å². The highest BCUT2D eigenvalue weighted by Crippen LogP contribution is 2.38. The number of carboxylic acids is 1. The largest absolute Gasteiger partial charge is 0.481 e. The fraction of sp³-hybridized carbons (Fsp3) is 0.381. The van der Waals surface area contributed by atoms with E-state index in [0.717, 1.165) is 24.0 Å². The molecule has 0 radical (unpaired) electrons. The fourth-order valence-electron chi connectivity index (χ4n) is 3.72. The van der Waals surface area contributed by atoms with Gasteiger partial charge >= 0.3 is 11.9 Å². The summed E-state index contributed by atoms with van der Waals surface area (Å²) in [4.78, 5) is 36.8. The first-order chi connectivity index (χ1) is 13.4. The number of methoxy groups -OCH3 is 1. The summed E-state index contributed by atoms with van der Waals surface area (Å²) in [5.41, 5.74) is 2.90. The number of aryl methyl sites for hydroxylation is 1. The van der Waals surface area contributed by atoms with E-state index in [0.29, 0.717) is 29.0 Å². The third-order valence-corrected chi connectivity index (χ3v) is 6.06. The maximum absolute atomic E-state index is 12.8. The van der Waals surface area contributed by atoms with E-state index in [2.05, 4.69) is 5.32 Å². The van der Waals surface area contributed by atoms with Crippen molar-refractivity contribution in [2.45, 2.75) is 32.6 Å². The number of hydrogen-bond acceptors (Lipinski definition) is 5. The van der Waals surface area contributed by atoms with Crippen LogP contribution in [0.5, 0.6) is 0 Å². The molecule has 2 aromatic rings. The first-order valence-corrected chi connectivity index (χ1v) is 10.1. The zero-order chi connectivity index (χ0) is 20.3. The summed E-state index contributed by atoms with van der Waals surface area (Å²) >= 11 is 1.24. The van der Waals surface area contributed by atoms with Crippen molar-refractivity contribution in [3.63, 3.8) is 0 Å². The van der Waals surface area contributed by atoms with Crippen molar-refractivity contribution < 1.29 is 24.2 Å². The predicted molar refractivity (Wildman–Crippen MR) is 108 cm³/mol. The number of carboxylic acid groups (broad SMARTS) is 1. The van der Waals surface area contributed by atoms with Crippen molar-refractivity contribution in [3.8, 4) is 11.1 Å². The summed E-state index contributed by atoms with van der Waals surface area (Å²) in [5.74, 6) is -3.12. The second-order valence-electron chi connectivity index (χ2n) is 7.04. The minimum Gasteiger partial charge on any atom is -0.481 e. The lowest BCUT2D eigenvalue weighted by molar-refractivity contribution is -0.147. The Morgan fingerprint density at radius 2 is 1.89 bits per heavy atom. The van der Waals surface area contributed by atoms with Crippen molar-refractivity contribution in [3.05, 3.63) is 40.8 Å². The average Bonchev–Trinajstić information content (AvgIpc) is 3.10. The van der Waals surface area contributed by atoms with Crippen LogP contribution in [0.4, 0.5) is 5.00 Å². The van der Waals surface area contributed by atoms with E-state index in [4.69, 9.17) is 4.74 Å². The highest BCUT2D eigenvalue weighted by Gasteiger charge is 2.36. The lowest BCUT2D eigenvalue weighted by Gasteiger charge is -2.27. The zero-order valence-corrected chi connectivity index (χ0v) is 16.7. The summed E-state index contributed by atoms with van der Waals surface area (Å²) in [6.45, 7) is 1.96. The fourth-order valence-corrected chi connectivity index (χ4v) is 4.68. The Hall–Kier alpha value is -2.67.